The fraction of sp³-hybridized carbons (Fsp3) is 0.500. The van der Waals surface area contributed by atoms with Crippen molar-refractivity contribution in [1.29, 1.82) is 0 Å². The Hall–Kier alpha value is -1.07. The van der Waals surface area contributed by atoms with Gasteiger partial charge in [-0.25, -0.2) is 0 Å². The van der Waals surface area contributed by atoms with Gasteiger partial charge in [0.1, 0.15) is 5.54 Å². The molecule has 1 fully saturated rings. The number of carbonyl (C=O) groups excluding carboxylic acids is 1. The standard InChI is InChI=1S/C14H19BrN2O2/c1-9(18)11-5-4-10(8-12(11)15)17-7-6-16-13(19)14(17,2)3/h4-5,8-9,18H,6-7H2,1-3H3,(H,16,19)/t9-/m0/s1. The zero-order chi connectivity index (χ0) is 14.2. The van der Waals surface area contributed by atoms with Crippen LogP contribution in [0.15, 0.2) is 22.7 Å². The highest BCUT2D eigenvalue weighted by atomic mass is 79.9. The smallest absolute Gasteiger partial charge is 0.245 e. The highest BCUT2D eigenvalue weighted by Crippen LogP contribution is 2.32. The molecule has 1 aromatic rings. The molecule has 1 heterocycles. The summed E-state index contributed by atoms with van der Waals surface area (Å²) in [6, 6.07) is 5.81. The fourth-order valence-electron chi connectivity index (χ4n) is 2.37. The van der Waals surface area contributed by atoms with E-state index in [1.165, 1.54) is 0 Å². The maximum atomic E-state index is 12.0. The molecule has 2 rings (SSSR count). The summed E-state index contributed by atoms with van der Waals surface area (Å²) in [4.78, 5) is 14.0. The van der Waals surface area contributed by atoms with Crippen molar-refractivity contribution in [2.24, 2.45) is 0 Å². The van der Waals surface area contributed by atoms with Crippen molar-refractivity contribution in [2.75, 3.05) is 18.0 Å². The van der Waals surface area contributed by atoms with Crippen molar-refractivity contribution in [2.45, 2.75) is 32.4 Å². The first kappa shape index (κ1) is 14.3. The lowest BCUT2D eigenvalue weighted by Gasteiger charge is -2.43. The van der Waals surface area contributed by atoms with Crippen LogP contribution in [0.2, 0.25) is 0 Å². The maximum absolute atomic E-state index is 12.0. The molecule has 1 aliphatic rings. The molecule has 2 N–H and O–H groups in total. The first-order valence-corrected chi connectivity index (χ1v) is 7.17. The van der Waals surface area contributed by atoms with Gasteiger partial charge < -0.3 is 15.3 Å². The lowest BCUT2D eigenvalue weighted by atomic mass is 9.97. The first-order chi connectivity index (χ1) is 8.84. The summed E-state index contributed by atoms with van der Waals surface area (Å²) >= 11 is 3.48. The summed E-state index contributed by atoms with van der Waals surface area (Å²) in [5.74, 6) is 0.0366. The number of hydrogen-bond donors (Lipinski definition) is 2. The minimum Gasteiger partial charge on any atom is -0.389 e. The molecule has 19 heavy (non-hydrogen) atoms. The number of benzene rings is 1. The fourth-order valence-corrected chi connectivity index (χ4v) is 3.07. The molecule has 1 aromatic carbocycles. The highest BCUT2D eigenvalue weighted by Gasteiger charge is 2.37. The van der Waals surface area contributed by atoms with Crippen LogP contribution in [-0.4, -0.2) is 29.6 Å². The van der Waals surface area contributed by atoms with Crippen molar-refractivity contribution < 1.29 is 9.90 Å². The molecule has 0 radical (unpaired) electrons. The van der Waals surface area contributed by atoms with E-state index in [1.807, 2.05) is 32.0 Å². The Morgan fingerprint density at radius 3 is 2.74 bits per heavy atom. The van der Waals surface area contributed by atoms with E-state index < -0.39 is 11.6 Å². The lowest BCUT2D eigenvalue weighted by molar-refractivity contribution is -0.126. The van der Waals surface area contributed by atoms with Gasteiger partial charge in [0, 0.05) is 23.2 Å². The van der Waals surface area contributed by atoms with Gasteiger partial charge in [-0.1, -0.05) is 22.0 Å². The van der Waals surface area contributed by atoms with Crippen LogP contribution in [0.4, 0.5) is 5.69 Å². The molecule has 0 unspecified atom stereocenters. The van der Waals surface area contributed by atoms with E-state index in [-0.39, 0.29) is 5.91 Å². The third-order valence-electron chi connectivity index (χ3n) is 3.60. The molecule has 4 nitrogen and oxygen atoms in total. The van der Waals surface area contributed by atoms with Crippen LogP contribution in [0.25, 0.3) is 0 Å². The summed E-state index contributed by atoms with van der Waals surface area (Å²) in [5.41, 5.74) is 1.27. The third-order valence-corrected chi connectivity index (χ3v) is 4.28. The number of rotatable bonds is 2. The number of nitrogens with one attached hydrogen (secondary N) is 1. The van der Waals surface area contributed by atoms with E-state index in [4.69, 9.17) is 0 Å². The van der Waals surface area contributed by atoms with Crippen molar-refractivity contribution in [3.8, 4) is 0 Å². The van der Waals surface area contributed by atoms with Crippen LogP contribution in [0.3, 0.4) is 0 Å². The monoisotopic (exact) mass is 326 g/mol. The van der Waals surface area contributed by atoms with Crippen LogP contribution in [-0.2, 0) is 4.79 Å². The highest BCUT2D eigenvalue weighted by molar-refractivity contribution is 9.10. The number of aliphatic hydroxyl groups is 1. The molecule has 0 spiro atoms. The molecule has 0 aromatic heterocycles. The van der Waals surface area contributed by atoms with Crippen molar-refractivity contribution in [3.63, 3.8) is 0 Å². The number of anilines is 1. The van der Waals surface area contributed by atoms with Crippen LogP contribution in [0.5, 0.6) is 0 Å². The van der Waals surface area contributed by atoms with Crippen molar-refractivity contribution >= 4 is 27.5 Å². The first-order valence-electron chi connectivity index (χ1n) is 6.37. The second-order valence-electron chi connectivity index (χ2n) is 5.35. The van der Waals surface area contributed by atoms with Crippen LogP contribution in [0.1, 0.15) is 32.4 Å². The van der Waals surface area contributed by atoms with Crippen LogP contribution >= 0.6 is 15.9 Å². The number of aliphatic hydroxyl groups excluding tert-OH is 1. The Bertz CT molecular complexity index is 500. The zero-order valence-corrected chi connectivity index (χ0v) is 13.0. The number of piperazine rings is 1. The Morgan fingerprint density at radius 2 is 2.16 bits per heavy atom. The maximum Gasteiger partial charge on any atom is 0.245 e. The van der Waals surface area contributed by atoms with Crippen LogP contribution in [0, 0.1) is 0 Å². The normalized spacial score (nSPS) is 20.1. The van der Waals surface area contributed by atoms with Gasteiger partial charge in [0.05, 0.1) is 6.10 Å². The SMILES string of the molecule is C[C@H](O)c1ccc(N2CCNC(=O)C2(C)C)cc1Br. The van der Waals surface area contributed by atoms with Gasteiger partial charge in [-0.15, -0.1) is 0 Å². The summed E-state index contributed by atoms with van der Waals surface area (Å²) < 4.78 is 0.863. The number of hydrogen-bond acceptors (Lipinski definition) is 3. The average Bonchev–Trinajstić information content (AvgIpc) is 2.32. The summed E-state index contributed by atoms with van der Waals surface area (Å²) in [6.45, 7) is 6.99. The molecular weight excluding hydrogens is 308 g/mol. The number of amides is 1. The Balaban J connectivity index is 2.36. The molecular formula is C14H19BrN2O2. The van der Waals surface area contributed by atoms with E-state index >= 15 is 0 Å². The Labute approximate surface area is 121 Å². The van der Waals surface area contributed by atoms with Gasteiger partial charge in [0.25, 0.3) is 0 Å². The van der Waals surface area contributed by atoms with Gasteiger partial charge >= 0.3 is 0 Å². The second-order valence-corrected chi connectivity index (χ2v) is 6.20. The Morgan fingerprint density at radius 1 is 1.47 bits per heavy atom. The summed E-state index contributed by atoms with van der Waals surface area (Å²) in [6.07, 6.45) is -0.513. The van der Waals surface area contributed by atoms with Gasteiger partial charge in [0.2, 0.25) is 5.91 Å². The second kappa shape index (κ2) is 5.13. The van der Waals surface area contributed by atoms with Gasteiger partial charge in [-0.3, -0.25) is 4.79 Å². The molecule has 0 bridgehead atoms. The Kier molecular flexibility index (Phi) is 3.87. The van der Waals surface area contributed by atoms with Crippen LogP contribution < -0.4 is 10.2 Å². The van der Waals surface area contributed by atoms with Gasteiger partial charge in [-0.2, -0.15) is 0 Å². The molecule has 1 saturated heterocycles. The number of carbonyl (C=O) groups is 1. The molecule has 5 heteroatoms. The summed E-state index contributed by atoms with van der Waals surface area (Å²) in [5, 5.41) is 12.5. The quantitative estimate of drug-likeness (QED) is 0.876. The largest absolute Gasteiger partial charge is 0.389 e. The van der Waals surface area contributed by atoms with E-state index in [0.29, 0.717) is 6.54 Å². The molecule has 1 amide bonds. The van der Waals surface area contributed by atoms with Crippen molar-refractivity contribution in [3.05, 3.63) is 28.2 Å². The minimum absolute atomic E-state index is 0.0366. The van der Waals surface area contributed by atoms with Gasteiger partial charge in [0.15, 0.2) is 0 Å². The molecule has 0 saturated carbocycles. The zero-order valence-electron chi connectivity index (χ0n) is 11.4. The van der Waals surface area contributed by atoms with E-state index in [0.717, 1.165) is 22.3 Å². The number of nitrogens with zero attached hydrogens (tertiary/aromatic N) is 1. The molecule has 104 valence electrons. The van der Waals surface area contributed by atoms with E-state index in [1.54, 1.807) is 6.92 Å². The minimum atomic E-state index is -0.565. The predicted octanol–water partition coefficient (Wildman–Crippen LogP) is 2.22. The lowest BCUT2D eigenvalue weighted by Crippen LogP contribution is -2.62. The molecule has 0 aliphatic carbocycles. The molecule has 1 atom stereocenters. The van der Waals surface area contributed by atoms with Gasteiger partial charge in [-0.05, 0) is 38.5 Å². The molecule has 1 aliphatic heterocycles. The third kappa shape index (κ3) is 2.62. The topological polar surface area (TPSA) is 52.6 Å². The van der Waals surface area contributed by atoms with Crippen molar-refractivity contribution in [1.82, 2.24) is 5.32 Å². The predicted molar refractivity (Wildman–Crippen MR) is 79.2 cm³/mol. The summed E-state index contributed by atoms with van der Waals surface area (Å²) in [7, 11) is 0. The van der Waals surface area contributed by atoms with E-state index in [2.05, 4.69) is 26.1 Å². The number of halogens is 1. The average molecular weight is 327 g/mol. The van der Waals surface area contributed by atoms with E-state index in [9.17, 15) is 9.90 Å².